The van der Waals surface area contributed by atoms with Crippen molar-refractivity contribution in [3.05, 3.63) is 36.3 Å². The average molecular weight is 340 g/mol. The predicted molar refractivity (Wildman–Crippen MR) is 95.5 cm³/mol. The largest absolute Gasteiger partial charge is 0.378 e. The summed E-state index contributed by atoms with van der Waals surface area (Å²) in [6.07, 6.45) is 5.79. The normalized spacial score (nSPS) is 26.8. The van der Waals surface area contributed by atoms with Gasteiger partial charge in [-0.3, -0.25) is 4.98 Å². The van der Waals surface area contributed by atoms with E-state index in [1.807, 2.05) is 19.1 Å². The van der Waals surface area contributed by atoms with Crippen molar-refractivity contribution in [1.82, 2.24) is 15.0 Å². The quantitative estimate of drug-likeness (QED) is 0.837. The van der Waals surface area contributed by atoms with Crippen LogP contribution in [0.4, 0.5) is 5.82 Å². The van der Waals surface area contributed by atoms with Crippen molar-refractivity contribution >= 4 is 5.82 Å². The van der Waals surface area contributed by atoms with Crippen molar-refractivity contribution in [2.24, 2.45) is 0 Å². The number of nitrogens with zero attached hydrogens (tertiary/aromatic N) is 4. The summed E-state index contributed by atoms with van der Waals surface area (Å²) >= 11 is 0. The maximum absolute atomic E-state index is 6.29. The third-order valence-corrected chi connectivity index (χ3v) is 4.78. The Balaban J connectivity index is 1.65. The van der Waals surface area contributed by atoms with Crippen LogP contribution in [0.25, 0.3) is 11.4 Å². The number of ether oxygens (including phenoxy) is 2. The standard InChI is InChI=1S/C19H24N4O2/c1-14-9-17(22-18(21-14)16-5-3-7-20-10-16)23-11-15(2)25-19(12-23)6-4-8-24-13-19/h3,5,7,9-10,15H,4,6,8,11-13H2,1-2H3/t15-,19-/m0/s1. The predicted octanol–water partition coefficient (Wildman–Crippen LogP) is 2.62. The lowest BCUT2D eigenvalue weighted by Crippen LogP contribution is -2.58. The molecule has 0 bridgehead atoms. The molecule has 0 aromatic carbocycles. The molecule has 0 aliphatic carbocycles. The van der Waals surface area contributed by atoms with Gasteiger partial charge in [0.15, 0.2) is 5.82 Å². The van der Waals surface area contributed by atoms with Gasteiger partial charge in [0, 0.05) is 42.9 Å². The number of hydrogen-bond acceptors (Lipinski definition) is 6. The Labute approximate surface area is 148 Å². The molecule has 2 aliphatic rings. The molecule has 0 radical (unpaired) electrons. The molecule has 6 nitrogen and oxygen atoms in total. The van der Waals surface area contributed by atoms with E-state index < -0.39 is 0 Å². The number of aromatic nitrogens is 3. The van der Waals surface area contributed by atoms with Gasteiger partial charge in [-0.2, -0.15) is 0 Å². The lowest BCUT2D eigenvalue weighted by molar-refractivity contribution is -0.160. The Hall–Kier alpha value is -2.05. The van der Waals surface area contributed by atoms with Crippen LogP contribution < -0.4 is 4.90 Å². The summed E-state index contributed by atoms with van der Waals surface area (Å²) in [5.74, 6) is 1.67. The zero-order valence-corrected chi connectivity index (χ0v) is 14.8. The molecule has 0 saturated carbocycles. The van der Waals surface area contributed by atoms with Gasteiger partial charge in [0.2, 0.25) is 0 Å². The van der Waals surface area contributed by atoms with E-state index in [0.29, 0.717) is 6.61 Å². The summed E-state index contributed by atoms with van der Waals surface area (Å²) in [5.41, 5.74) is 1.67. The number of anilines is 1. The lowest BCUT2D eigenvalue weighted by atomic mass is 9.93. The lowest BCUT2D eigenvalue weighted by Gasteiger charge is -2.47. The Morgan fingerprint density at radius 3 is 3.00 bits per heavy atom. The Morgan fingerprint density at radius 2 is 2.24 bits per heavy atom. The van der Waals surface area contributed by atoms with E-state index in [-0.39, 0.29) is 11.7 Å². The molecule has 2 aliphatic heterocycles. The highest BCUT2D eigenvalue weighted by atomic mass is 16.6. The minimum absolute atomic E-state index is 0.146. The summed E-state index contributed by atoms with van der Waals surface area (Å²) in [6.45, 7) is 7.25. The second-order valence-electron chi connectivity index (χ2n) is 7.08. The molecule has 2 aromatic rings. The third-order valence-electron chi connectivity index (χ3n) is 4.78. The molecule has 6 heteroatoms. The van der Waals surface area contributed by atoms with Crippen LogP contribution in [-0.4, -0.2) is 53.0 Å². The van der Waals surface area contributed by atoms with Crippen LogP contribution in [0.2, 0.25) is 0 Å². The van der Waals surface area contributed by atoms with Gasteiger partial charge in [0.25, 0.3) is 0 Å². The highest BCUT2D eigenvalue weighted by Crippen LogP contribution is 2.32. The summed E-state index contributed by atoms with van der Waals surface area (Å²) < 4.78 is 12.0. The number of aryl methyl sites for hydroxylation is 1. The molecule has 2 atom stereocenters. The van der Waals surface area contributed by atoms with Crippen LogP contribution in [0.15, 0.2) is 30.6 Å². The highest BCUT2D eigenvalue weighted by molar-refractivity contribution is 5.57. The Bertz CT molecular complexity index is 731. The molecule has 4 rings (SSSR count). The fraction of sp³-hybridized carbons (Fsp3) is 0.526. The molecular formula is C19H24N4O2. The maximum atomic E-state index is 6.29. The third kappa shape index (κ3) is 3.50. The van der Waals surface area contributed by atoms with Gasteiger partial charge in [0.05, 0.1) is 19.3 Å². The van der Waals surface area contributed by atoms with Crippen LogP contribution in [0.5, 0.6) is 0 Å². The first kappa shape index (κ1) is 16.4. The van der Waals surface area contributed by atoms with Crippen molar-refractivity contribution in [3.8, 4) is 11.4 Å². The van der Waals surface area contributed by atoms with E-state index >= 15 is 0 Å². The minimum Gasteiger partial charge on any atom is -0.378 e. The van der Waals surface area contributed by atoms with Gasteiger partial charge in [-0.25, -0.2) is 9.97 Å². The molecule has 2 aromatic heterocycles. The Kier molecular flexibility index (Phi) is 4.39. The molecule has 132 valence electrons. The monoisotopic (exact) mass is 340 g/mol. The van der Waals surface area contributed by atoms with Crippen molar-refractivity contribution in [3.63, 3.8) is 0 Å². The van der Waals surface area contributed by atoms with Gasteiger partial charge in [0.1, 0.15) is 11.4 Å². The smallest absolute Gasteiger partial charge is 0.163 e. The van der Waals surface area contributed by atoms with Crippen LogP contribution in [0, 0.1) is 6.92 Å². The number of rotatable bonds is 2. The summed E-state index contributed by atoms with van der Waals surface area (Å²) in [5, 5.41) is 0. The molecule has 4 heterocycles. The molecule has 0 N–H and O–H groups in total. The maximum Gasteiger partial charge on any atom is 0.163 e. The van der Waals surface area contributed by atoms with Crippen LogP contribution in [-0.2, 0) is 9.47 Å². The van der Waals surface area contributed by atoms with Gasteiger partial charge < -0.3 is 14.4 Å². The van der Waals surface area contributed by atoms with Crippen LogP contribution >= 0.6 is 0 Å². The zero-order valence-electron chi connectivity index (χ0n) is 14.8. The molecule has 1 spiro atoms. The SMILES string of the molecule is Cc1cc(N2C[C@H](C)O[C@@]3(CCCOC3)C2)nc(-c2cccnc2)n1. The average Bonchev–Trinajstić information content (AvgIpc) is 2.62. The van der Waals surface area contributed by atoms with Gasteiger partial charge in [-0.1, -0.05) is 0 Å². The van der Waals surface area contributed by atoms with E-state index in [1.54, 1.807) is 12.4 Å². The van der Waals surface area contributed by atoms with E-state index in [4.69, 9.17) is 14.5 Å². The van der Waals surface area contributed by atoms with E-state index in [1.165, 1.54) is 0 Å². The second kappa shape index (κ2) is 6.69. The van der Waals surface area contributed by atoms with Crippen molar-refractivity contribution in [2.75, 3.05) is 31.2 Å². The van der Waals surface area contributed by atoms with E-state index in [0.717, 1.165) is 55.4 Å². The minimum atomic E-state index is -0.219. The zero-order chi connectivity index (χ0) is 17.3. The Morgan fingerprint density at radius 1 is 1.32 bits per heavy atom. The fourth-order valence-corrected chi connectivity index (χ4v) is 3.78. The number of hydrogen-bond donors (Lipinski definition) is 0. The molecule has 2 saturated heterocycles. The fourth-order valence-electron chi connectivity index (χ4n) is 3.78. The first-order valence-corrected chi connectivity index (χ1v) is 8.90. The number of pyridine rings is 1. The van der Waals surface area contributed by atoms with Crippen LogP contribution in [0.1, 0.15) is 25.5 Å². The van der Waals surface area contributed by atoms with E-state index in [9.17, 15) is 0 Å². The molecule has 25 heavy (non-hydrogen) atoms. The van der Waals surface area contributed by atoms with Gasteiger partial charge in [-0.15, -0.1) is 0 Å². The number of morpholine rings is 1. The molecule has 0 amide bonds. The van der Waals surface area contributed by atoms with Crippen LogP contribution in [0.3, 0.4) is 0 Å². The highest BCUT2D eigenvalue weighted by Gasteiger charge is 2.41. The van der Waals surface area contributed by atoms with Crippen molar-refractivity contribution in [2.45, 2.75) is 38.4 Å². The topological polar surface area (TPSA) is 60.4 Å². The van der Waals surface area contributed by atoms with Gasteiger partial charge in [-0.05, 0) is 38.8 Å². The summed E-state index contributed by atoms with van der Waals surface area (Å²) in [4.78, 5) is 15.9. The van der Waals surface area contributed by atoms with E-state index in [2.05, 4.69) is 27.9 Å². The first-order valence-electron chi connectivity index (χ1n) is 8.90. The second-order valence-corrected chi connectivity index (χ2v) is 7.08. The summed E-state index contributed by atoms with van der Waals surface area (Å²) in [6, 6.07) is 5.95. The first-order chi connectivity index (χ1) is 12.1. The summed E-state index contributed by atoms with van der Waals surface area (Å²) in [7, 11) is 0. The van der Waals surface area contributed by atoms with Gasteiger partial charge >= 0.3 is 0 Å². The molecule has 0 unspecified atom stereocenters. The van der Waals surface area contributed by atoms with Crippen molar-refractivity contribution < 1.29 is 9.47 Å². The molecular weight excluding hydrogens is 316 g/mol. The van der Waals surface area contributed by atoms with Crippen molar-refractivity contribution in [1.29, 1.82) is 0 Å². The molecule has 2 fully saturated rings.